The van der Waals surface area contributed by atoms with Gasteiger partial charge in [0.1, 0.15) is 28.3 Å². The third-order valence-corrected chi connectivity index (χ3v) is 7.30. The Morgan fingerprint density at radius 2 is 1.90 bits per heavy atom. The van der Waals surface area contributed by atoms with Crippen molar-refractivity contribution in [1.29, 1.82) is 0 Å². The molecule has 0 amide bonds. The van der Waals surface area contributed by atoms with Crippen LogP contribution in [0.2, 0.25) is 5.02 Å². The van der Waals surface area contributed by atoms with Crippen molar-refractivity contribution in [3.8, 4) is 11.5 Å². The maximum atomic E-state index is 13.6. The molecule has 7 nitrogen and oxygen atoms in total. The second-order valence-corrected chi connectivity index (χ2v) is 9.27. The third-order valence-electron chi connectivity index (χ3n) is 5.12. The molecule has 2 heterocycles. The molecule has 2 aromatic carbocycles. The Hall–Kier alpha value is -2.46. The minimum atomic E-state index is -3.94. The average molecular weight is 467 g/mol. The molecule has 0 N–H and O–H groups in total. The van der Waals surface area contributed by atoms with Gasteiger partial charge in [-0.2, -0.15) is 4.31 Å². The van der Waals surface area contributed by atoms with Gasteiger partial charge < -0.3 is 14.2 Å². The number of hydrogen-bond acceptors (Lipinski definition) is 6. The van der Waals surface area contributed by atoms with E-state index in [0.29, 0.717) is 16.8 Å². The molecular weight excluding hydrogens is 447 g/mol. The Morgan fingerprint density at radius 3 is 2.65 bits per heavy atom. The maximum Gasteiger partial charge on any atom is 0.246 e. The number of methoxy groups -OCH3 is 2. The van der Waals surface area contributed by atoms with Crippen LogP contribution in [0.5, 0.6) is 11.5 Å². The highest BCUT2D eigenvalue weighted by Gasteiger charge is 2.34. The van der Waals surface area contributed by atoms with Crippen LogP contribution < -0.4 is 9.47 Å². The van der Waals surface area contributed by atoms with Crippen molar-refractivity contribution in [2.45, 2.75) is 11.0 Å². The highest BCUT2D eigenvalue weighted by atomic mass is 35.5. The Morgan fingerprint density at radius 1 is 1.13 bits per heavy atom. The van der Waals surface area contributed by atoms with Gasteiger partial charge >= 0.3 is 0 Å². The van der Waals surface area contributed by atoms with Gasteiger partial charge in [0.05, 0.1) is 31.5 Å². The number of morpholine rings is 1. The van der Waals surface area contributed by atoms with Crippen molar-refractivity contribution < 1.29 is 27.0 Å². The normalized spacial score (nSPS) is 17.6. The van der Waals surface area contributed by atoms with Crippen LogP contribution >= 0.6 is 11.6 Å². The molecule has 10 heteroatoms. The number of sulfonamides is 1. The summed E-state index contributed by atoms with van der Waals surface area (Å²) in [5, 5.41) is 1.60. The molecule has 1 aromatic heterocycles. The minimum Gasteiger partial charge on any atom is -0.495 e. The molecule has 31 heavy (non-hydrogen) atoms. The molecule has 1 aliphatic heterocycles. The van der Waals surface area contributed by atoms with Crippen LogP contribution in [0, 0.1) is 5.82 Å². The van der Waals surface area contributed by atoms with Crippen LogP contribution in [-0.4, -0.2) is 51.6 Å². The fourth-order valence-electron chi connectivity index (χ4n) is 3.50. The second kappa shape index (κ2) is 8.58. The van der Waals surface area contributed by atoms with Crippen LogP contribution in [0.25, 0.3) is 10.8 Å². The van der Waals surface area contributed by atoms with E-state index in [-0.39, 0.29) is 41.2 Å². The van der Waals surface area contributed by atoms with E-state index in [2.05, 4.69) is 4.98 Å². The van der Waals surface area contributed by atoms with E-state index >= 15 is 0 Å². The zero-order valence-electron chi connectivity index (χ0n) is 16.8. The number of halogens is 2. The SMILES string of the molecule is COc1cc(OC)c(S(=O)(=O)N2CCO[C@@H](c3cc4cc(F)ccc4cn3)C2)cc1Cl. The molecule has 1 saturated heterocycles. The van der Waals surface area contributed by atoms with E-state index in [9.17, 15) is 12.8 Å². The topological polar surface area (TPSA) is 78.0 Å². The summed E-state index contributed by atoms with van der Waals surface area (Å²) in [4.78, 5) is 4.33. The van der Waals surface area contributed by atoms with Crippen molar-refractivity contribution in [1.82, 2.24) is 9.29 Å². The molecule has 1 aliphatic rings. The van der Waals surface area contributed by atoms with Gasteiger partial charge in [-0.15, -0.1) is 0 Å². The van der Waals surface area contributed by atoms with Crippen molar-refractivity contribution >= 4 is 32.4 Å². The van der Waals surface area contributed by atoms with E-state index < -0.39 is 16.1 Å². The first-order valence-electron chi connectivity index (χ1n) is 9.42. The van der Waals surface area contributed by atoms with Gasteiger partial charge in [-0.1, -0.05) is 11.6 Å². The molecule has 0 unspecified atom stereocenters. The van der Waals surface area contributed by atoms with E-state index in [1.54, 1.807) is 18.3 Å². The first-order chi connectivity index (χ1) is 14.8. The zero-order valence-corrected chi connectivity index (χ0v) is 18.4. The summed E-state index contributed by atoms with van der Waals surface area (Å²) in [6, 6.07) is 8.87. The lowest BCUT2D eigenvalue weighted by atomic mass is 10.1. The first kappa shape index (κ1) is 21.8. The van der Waals surface area contributed by atoms with Crippen LogP contribution in [0.4, 0.5) is 4.39 Å². The predicted molar refractivity (Wildman–Crippen MR) is 114 cm³/mol. The van der Waals surface area contributed by atoms with Crippen LogP contribution in [-0.2, 0) is 14.8 Å². The van der Waals surface area contributed by atoms with Crippen LogP contribution in [0.3, 0.4) is 0 Å². The van der Waals surface area contributed by atoms with Gasteiger partial charge in [-0.05, 0) is 35.7 Å². The molecule has 1 fully saturated rings. The number of aromatic nitrogens is 1. The molecule has 0 saturated carbocycles. The Balaban J connectivity index is 1.66. The smallest absolute Gasteiger partial charge is 0.246 e. The molecule has 0 spiro atoms. The summed E-state index contributed by atoms with van der Waals surface area (Å²) in [7, 11) is -1.13. The number of rotatable bonds is 5. The predicted octanol–water partition coefficient (Wildman–Crippen LogP) is 3.81. The Bertz CT molecular complexity index is 1240. The lowest BCUT2D eigenvalue weighted by Gasteiger charge is -2.32. The van der Waals surface area contributed by atoms with Gasteiger partial charge in [-0.3, -0.25) is 4.98 Å². The lowest BCUT2D eigenvalue weighted by molar-refractivity contribution is -0.00488. The summed E-state index contributed by atoms with van der Waals surface area (Å²) in [5.74, 6) is 0.0791. The number of pyridine rings is 1. The molecule has 0 aliphatic carbocycles. The van der Waals surface area contributed by atoms with E-state index in [4.69, 9.17) is 25.8 Å². The summed E-state index contributed by atoms with van der Waals surface area (Å²) >= 11 is 6.17. The van der Waals surface area contributed by atoms with Crippen LogP contribution in [0.15, 0.2) is 47.5 Å². The number of hydrogen-bond donors (Lipinski definition) is 0. The fourth-order valence-corrected chi connectivity index (χ4v) is 5.39. The van der Waals surface area contributed by atoms with E-state index in [0.717, 1.165) is 5.39 Å². The molecule has 0 radical (unpaired) electrons. The number of ether oxygens (including phenoxy) is 3. The lowest BCUT2D eigenvalue weighted by Crippen LogP contribution is -2.42. The zero-order chi connectivity index (χ0) is 22.2. The quantitative estimate of drug-likeness (QED) is 0.569. The Labute approximate surface area is 184 Å². The average Bonchev–Trinajstić information content (AvgIpc) is 2.78. The molecule has 3 aromatic rings. The summed E-state index contributed by atoms with van der Waals surface area (Å²) in [6.45, 7) is 0.385. The number of nitrogens with zero attached hydrogens (tertiary/aromatic N) is 2. The Kier molecular flexibility index (Phi) is 6.02. The van der Waals surface area contributed by atoms with Gasteiger partial charge in [0.2, 0.25) is 10.0 Å². The monoisotopic (exact) mass is 466 g/mol. The maximum absolute atomic E-state index is 13.6. The van der Waals surface area contributed by atoms with Crippen molar-refractivity contribution in [3.05, 3.63) is 59.1 Å². The van der Waals surface area contributed by atoms with E-state index in [1.807, 2.05) is 0 Å². The first-order valence-corrected chi connectivity index (χ1v) is 11.2. The minimum absolute atomic E-state index is 0.0446. The van der Waals surface area contributed by atoms with Gasteiger partial charge in [0.15, 0.2) is 0 Å². The molecule has 4 rings (SSSR count). The van der Waals surface area contributed by atoms with Crippen molar-refractivity contribution in [3.63, 3.8) is 0 Å². The van der Waals surface area contributed by atoms with Gasteiger partial charge in [0, 0.05) is 30.7 Å². The van der Waals surface area contributed by atoms with Crippen molar-refractivity contribution in [2.24, 2.45) is 0 Å². The van der Waals surface area contributed by atoms with Crippen molar-refractivity contribution in [2.75, 3.05) is 33.9 Å². The second-order valence-electron chi connectivity index (χ2n) is 6.96. The standard InChI is InChI=1S/C21H20ClFN2O5S/c1-28-18-10-19(29-2)21(9-16(18)22)31(26,27)25-5-6-30-20(12-25)17-8-14-7-15(23)4-3-13(14)11-24-17/h3-4,7-11,20H,5-6,12H2,1-2H3/t20-/m1/s1. The largest absolute Gasteiger partial charge is 0.495 e. The third kappa shape index (κ3) is 4.18. The number of benzene rings is 2. The molecule has 1 atom stereocenters. The van der Waals surface area contributed by atoms with Crippen LogP contribution in [0.1, 0.15) is 11.8 Å². The number of fused-ring (bicyclic) bond motifs is 1. The highest BCUT2D eigenvalue weighted by molar-refractivity contribution is 7.89. The van der Waals surface area contributed by atoms with Gasteiger partial charge in [-0.25, -0.2) is 12.8 Å². The molecule has 0 bridgehead atoms. The molecular formula is C21H20ClFN2O5S. The molecule has 164 valence electrons. The summed E-state index contributed by atoms with van der Waals surface area (Å²) in [6.07, 6.45) is 1.02. The fraction of sp³-hybridized carbons (Fsp3) is 0.286. The summed E-state index contributed by atoms with van der Waals surface area (Å²) in [5.41, 5.74) is 0.526. The van der Waals surface area contributed by atoms with Gasteiger partial charge in [0.25, 0.3) is 0 Å². The summed E-state index contributed by atoms with van der Waals surface area (Å²) < 4.78 is 57.8. The highest BCUT2D eigenvalue weighted by Crippen LogP contribution is 2.37. The van der Waals surface area contributed by atoms with E-state index in [1.165, 1.54) is 42.8 Å².